The molecule has 0 aliphatic heterocycles. The van der Waals surface area contributed by atoms with Gasteiger partial charge >= 0.3 is 6.09 Å². The number of rotatable bonds is 7. The maximum Gasteiger partial charge on any atom is 0.408 e. The van der Waals surface area contributed by atoms with Crippen LogP contribution in [0.5, 0.6) is 0 Å². The SMILES string of the molecule is NCc1cccc(NC(=O)[C@@H](NC(=O)OCc2ccccc2)c2ccc(Cl)cc2)c1. The van der Waals surface area contributed by atoms with E-state index in [1.54, 1.807) is 42.5 Å². The molecule has 154 valence electrons. The van der Waals surface area contributed by atoms with Crippen molar-refractivity contribution in [2.75, 3.05) is 5.32 Å². The van der Waals surface area contributed by atoms with Crippen molar-refractivity contribution in [2.24, 2.45) is 5.73 Å². The standard InChI is InChI=1S/C23H22ClN3O3/c24-19-11-9-18(10-12-19)21(22(28)26-20-8-4-7-17(13-20)14-25)27-23(29)30-15-16-5-2-1-3-6-16/h1-13,21H,14-15,25H2,(H,26,28)(H,27,29)/t21-/m0/s1. The van der Waals surface area contributed by atoms with Gasteiger partial charge in [0, 0.05) is 17.3 Å². The van der Waals surface area contributed by atoms with E-state index in [-0.39, 0.29) is 6.61 Å². The molecule has 0 aliphatic rings. The number of nitrogens with two attached hydrogens (primary N) is 1. The van der Waals surface area contributed by atoms with Gasteiger partial charge in [0.2, 0.25) is 0 Å². The molecule has 2 amide bonds. The molecule has 0 unspecified atom stereocenters. The van der Waals surface area contributed by atoms with Crippen LogP contribution in [0.3, 0.4) is 0 Å². The van der Waals surface area contributed by atoms with Crippen molar-refractivity contribution in [1.82, 2.24) is 5.32 Å². The lowest BCUT2D eigenvalue weighted by atomic mass is 10.1. The lowest BCUT2D eigenvalue weighted by Gasteiger charge is -2.19. The molecule has 0 radical (unpaired) electrons. The third-order valence-corrected chi connectivity index (χ3v) is 4.62. The number of benzene rings is 3. The molecule has 6 nitrogen and oxygen atoms in total. The monoisotopic (exact) mass is 423 g/mol. The highest BCUT2D eigenvalue weighted by atomic mass is 35.5. The maximum atomic E-state index is 13.0. The van der Waals surface area contributed by atoms with Gasteiger partial charge < -0.3 is 21.1 Å². The molecule has 4 N–H and O–H groups in total. The van der Waals surface area contributed by atoms with Crippen LogP contribution in [0.1, 0.15) is 22.7 Å². The van der Waals surface area contributed by atoms with Gasteiger partial charge in [0.05, 0.1) is 0 Å². The summed E-state index contributed by atoms with van der Waals surface area (Å²) in [6, 6.07) is 22.2. The van der Waals surface area contributed by atoms with Gasteiger partial charge in [-0.1, -0.05) is 66.2 Å². The minimum atomic E-state index is -0.966. The number of ether oxygens (including phenoxy) is 1. The number of nitrogens with one attached hydrogen (secondary N) is 2. The summed E-state index contributed by atoms with van der Waals surface area (Å²) in [5.74, 6) is -0.414. The third kappa shape index (κ3) is 6.07. The first-order valence-electron chi connectivity index (χ1n) is 9.37. The quantitative estimate of drug-likeness (QED) is 0.524. The van der Waals surface area contributed by atoms with Gasteiger partial charge in [0.25, 0.3) is 5.91 Å². The summed E-state index contributed by atoms with van der Waals surface area (Å²) in [7, 11) is 0. The Hall–Kier alpha value is -3.35. The molecule has 7 heteroatoms. The highest BCUT2D eigenvalue weighted by Gasteiger charge is 2.24. The molecule has 0 fully saturated rings. The second kappa shape index (κ2) is 10.4. The molecule has 30 heavy (non-hydrogen) atoms. The number of anilines is 1. The summed E-state index contributed by atoms with van der Waals surface area (Å²) in [6.45, 7) is 0.453. The lowest BCUT2D eigenvalue weighted by Crippen LogP contribution is -2.37. The van der Waals surface area contributed by atoms with Crippen molar-refractivity contribution in [3.05, 3.63) is 101 Å². The van der Waals surface area contributed by atoms with Crippen LogP contribution in [0.2, 0.25) is 5.02 Å². The molecule has 0 saturated carbocycles. The summed E-state index contributed by atoms with van der Waals surface area (Å²) in [4.78, 5) is 25.3. The average Bonchev–Trinajstić information content (AvgIpc) is 2.77. The van der Waals surface area contributed by atoms with Crippen molar-refractivity contribution in [3.63, 3.8) is 0 Å². The molecular formula is C23H22ClN3O3. The summed E-state index contributed by atoms with van der Waals surface area (Å²) in [5, 5.41) is 5.97. The molecule has 1 atom stereocenters. The van der Waals surface area contributed by atoms with Crippen molar-refractivity contribution >= 4 is 29.3 Å². The zero-order chi connectivity index (χ0) is 21.3. The van der Waals surface area contributed by atoms with Crippen LogP contribution in [-0.4, -0.2) is 12.0 Å². The normalized spacial score (nSPS) is 11.4. The lowest BCUT2D eigenvalue weighted by molar-refractivity contribution is -0.118. The molecule has 3 aromatic rings. The first kappa shape index (κ1) is 21.4. The van der Waals surface area contributed by atoms with E-state index in [1.807, 2.05) is 36.4 Å². The Kier molecular flexibility index (Phi) is 7.43. The Labute approximate surface area is 180 Å². The zero-order valence-electron chi connectivity index (χ0n) is 16.2. The van der Waals surface area contributed by atoms with Crippen molar-refractivity contribution in [1.29, 1.82) is 0 Å². The summed E-state index contributed by atoms with van der Waals surface area (Å²) in [5.41, 5.74) is 8.55. The van der Waals surface area contributed by atoms with Crippen molar-refractivity contribution < 1.29 is 14.3 Å². The van der Waals surface area contributed by atoms with Crippen LogP contribution in [0.25, 0.3) is 0 Å². The fourth-order valence-corrected chi connectivity index (χ4v) is 2.95. The van der Waals surface area contributed by atoms with Crippen LogP contribution < -0.4 is 16.4 Å². The predicted octanol–water partition coefficient (Wildman–Crippen LogP) is 4.40. The molecule has 0 heterocycles. The largest absolute Gasteiger partial charge is 0.445 e. The predicted molar refractivity (Wildman–Crippen MR) is 117 cm³/mol. The van der Waals surface area contributed by atoms with Gasteiger partial charge in [0.15, 0.2) is 0 Å². The third-order valence-electron chi connectivity index (χ3n) is 4.37. The minimum absolute atomic E-state index is 0.0974. The first-order valence-corrected chi connectivity index (χ1v) is 9.75. The first-order chi connectivity index (χ1) is 14.5. The number of carbonyl (C=O) groups is 2. The topological polar surface area (TPSA) is 93.5 Å². The van der Waals surface area contributed by atoms with E-state index in [9.17, 15) is 9.59 Å². The molecule has 0 aromatic heterocycles. The van der Waals surface area contributed by atoms with E-state index in [0.29, 0.717) is 22.8 Å². The fourth-order valence-electron chi connectivity index (χ4n) is 2.83. The number of hydrogen-bond donors (Lipinski definition) is 3. The molecular weight excluding hydrogens is 402 g/mol. The minimum Gasteiger partial charge on any atom is -0.445 e. The zero-order valence-corrected chi connectivity index (χ0v) is 16.9. The number of hydrogen-bond acceptors (Lipinski definition) is 4. The number of halogens is 1. The molecule has 3 rings (SSSR count). The molecule has 0 spiro atoms. The Morgan fingerprint density at radius 2 is 1.63 bits per heavy atom. The van der Waals surface area contributed by atoms with Gasteiger partial charge in [-0.2, -0.15) is 0 Å². The summed E-state index contributed by atoms with van der Waals surface area (Å²) >= 11 is 5.96. The van der Waals surface area contributed by atoms with Crippen molar-refractivity contribution in [3.8, 4) is 0 Å². The average molecular weight is 424 g/mol. The summed E-state index contributed by atoms with van der Waals surface area (Å²) < 4.78 is 5.27. The van der Waals surface area contributed by atoms with Crippen LogP contribution in [0.4, 0.5) is 10.5 Å². The van der Waals surface area contributed by atoms with E-state index in [4.69, 9.17) is 22.1 Å². The molecule has 0 bridgehead atoms. The molecule has 3 aromatic carbocycles. The Morgan fingerprint density at radius 3 is 2.33 bits per heavy atom. The molecule has 0 aliphatic carbocycles. The highest BCUT2D eigenvalue weighted by molar-refractivity contribution is 6.30. The van der Waals surface area contributed by atoms with Crippen LogP contribution in [0.15, 0.2) is 78.9 Å². The molecule has 0 saturated heterocycles. The number of carbonyl (C=O) groups excluding carboxylic acids is 2. The number of amides is 2. The van der Waals surface area contributed by atoms with Gasteiger partial charge in [-0.15, -0.1) is 0 Å². The van der Waals surface area contributed by atoms with Gasteiger partial charge in [0.1, 0.15) is 12.6 Å². The smallest absolute Gasteiger partial charge is 0.408 e. The second-order valence-electron chi connectivity index (χ2n) is 6.58. The second-order valence-corrected chi connectivity index (χ2v) is 7.02. The Morgan fingerprint density at radius 1 is 0.933 bits per heavy atom. The highest BCUT2D eigenvalue weighted by Crippen LogP contribution is 2.20. The van der Waals surface area contributed by atoms with E-state index in [0.717, 1.165) is 11.1 Å². The van der Waals surface area contributed by atoms with E-state index in [1.165, 1.54) is 0 Å². The van der Waals surface area contributed by atoms with Gasteiger partial charge in [-0.05, 0) is 41.0 Å². The summed E-state index contributed by atoms with van der Waals surface area (Å²) in [6.07, 6.45) is -0.704. The Balaban J connectivity index is 1.73. The van der Waals surface area contributed by atoms with Gasteiger partial charge in [-0.3, -0.25) is 4.79 Å². The fraction of sp³-hybridized carbons (Fsp3) is 0.130. The maximum absolute atomic E-state index is 13.0. The van der Waals surface area contributed by atoms with Crippen LogP contribution in [0, 0.1) is 0 Å². The van der Waals surface area contributed by atoms with E-state index >= 15 is 0 Å². The Bertz CT molecular complexity index is 994. The van der Waals surface area contributed by atoms with Crippen LogP contribution in [-0.2, 0) is 22.7 Å². The van der Waals surface area contributed by atoms with E-state index < -0.39 is 18.0 Å². The van der Waals surface area contributed by atoms with Gasteiger partial charge in [-0.25, -0.2) is 4.79 Å². The van der Waals surface area contributed by atoms with E-state index in [2.05, 4.69) is 10.6 Å². The number of alkyl carbamates (subject to hydrolysis) is 1. The van der Waals surface area contributed by atoms with Crippen molar-refractivity contribution in [2.45, 2.75) is 19.2 Å². The van der Waals surface area contributed by atoms with Crippen LogP contribution >= 0.6 is 11.6 Å².